The zero-order valence-electron chi connectivity index (χ0n) is 10.2. The molecule has 100 valence electrons. The van der Waals surface area contributed by atoms with Crippen LogP contribution in [0.3, 0.4) is 0 Å². The molecule has 0 heterocycles. The van der Waals surface area contributed by atoms with Gasteiger partial charge in [-0.2, -0.15) is 13.2 Å². The van der Waals surface area contributed by atoms with Crippen LogP contribution in [0, 0.1) is 5.82 Å². The average molecular weight is 261 g/mol. The quantitative estimate of drug-likeness (QED) is 0.811. The molecule has 0 fully saturated rings. The molecule has 0 bridgehead atoms. The van der Waals surface area contributed by atoms with Gasteiger partial charge in [-0.25, -0.2) is 4.39 Å². The average Bonchev–Trinajstić information content (AvgIpc) is 2.27. The van der Waals surface area contributed by atoms with E-state index in [1.54, 1.807) is 13.0 Å². The lowest BCUT2D eigenvalue weighted by atomic mass is 10.1. The Morgan fingerprint density at radius 2 is 2.00 bits per heavy atom. The molecule has 0 radical (unpaired) electrons. The summed E-state index contributed by atoms with van der Waals surface area (Å²) in [5.41, 5.74) is 0.00297. The summed E-state index contributed by atoms with van der Waals surface area (Å²) in [5, 5.41) is 3.06. The Bertz CT molecular complexity index is 435. The second-order valence-corrected chi connectivity index (χ2v) is 4.01. The van der Waals surface area contributed by atoms with Crippen molar-refractivity contribution < 1.29 is 17.6 Å². The molecule has 5 heteroatoms. The first-order valence-electron chi connectivity index (χ1n) is 5.59. The van der Waals surface area contributed by atoms with Crippen molar-refractivity contribution in [3.8, 4) is 0 Å². The topological polar surface area (TPSA) is 12.0 Å². The Balaban J connectivity index is 2.99. The van der Waals surface area contributed by atoms with Gasteiger partial charge < -0.3 is 5.32 Å². The van der Waals surface area contributed by atoms with Crippen LogP contribution in [0.4, 0.5) is 17.6 Å². The highest BCUT2D eigenvalue weighted by molar-refractivity contribution is 5.54. The highest BCUT2D eigenvalue weighted by Crippen LogP contribution is 2.32. The molecule has 0 atom stereocenters. The molecule has 1 aromatic carbocycles. The maximum atomic E-state index is 13.1. The number of halogens is 4. The molecule has 0 spiro atoms. The number of hydrogen-bond acceptors (Lipinski definition) is 1. The van der Waals surface area contributed by atoms with E-state index in [1.165, 1.54) is 6.07 Å². The minimum absolute atomic E-state index is 0.346. The summed E-state index contributed by atoms with van der Waals surface area (Å²) in [4.78, 5) is 0. The Labute approximate surface area is 104 Å². The molecule has 1 nitrogen and oxygen atoms in total. The molecule has 0 aromatic heterocycles. The molecule has 0 amide bonds. The summed E-state index contributed by atoms with van der Waals surface area (Å²) in [6.45, 7) is 5.11. The first-order chi connectivity index (χ1) is 8.34. The van der Waals surface area contributed by atoms with Gasteiger partial charge in [0.1, 0.15) is 5.82 Å². The third-order valence-electron chi connectivity index (χ3n) is 2.36. The third-order valence-corrected chi connectivity index (χ3v) is 2.36. The molecule has 1 aromatic rings. The van der Waals surface area contributed by atoms with Crippen molar-refractivity contribution in [2.45, 2.75) is 20.0 Å². The molecule has 0 saturated carbocycles. The predicted molar refractivity (Wildman–Crippen MR) is 63.6 cm³/mol. The molecular formula is C13H15F4N. The lowest BCUT2D eigenvalue weighted by molar-refractivity contribution is -0.140. The monoisotopic (exact) mass is 261 g/mol. The van der Waals surface area contributed by atoms with Gasteiger partial charge in [0.2, 0.25) is 0 Å². The second-order valence-electron chi connectivity index (χ2n) is 4.01. The van der Waals surface area contributed by atoms with Crippen LogP contribution in [0.15, 0.2) is 23.8 Å². The summed E-state index contributed by atoms with van der Waals surface area (Å²) < 4.78 is 50.5. The predicted octanol–water partition coefficient (Wildman–Crippen LogP) is 3.86. The van der Waals surface area contributed by atoms with Crippen molar-refractivity contribution in [3.05, 3.63) is 40.7 Å². The van der Waals surface area contributed by atoms with E-state index in [-0.39, 0.29) is 0 Å². The summed E-state index contributed by atoms with van der Waals surface area (Å²) in [6.07, 6.45) is -3.05. The van der Waals surface area contributed by atoms with Crippen molar-refractivity contribution in [3.63, 3.8) is 0 Å². The van der Waals surface area contributed by atoms with Crippen LogP contribution < -0.4 is 5.32 Å². The molecule has 0 aliphatic heterocycles. The first kappa shape index (κ1) is 14.7. The van der Waals surface area contributed by atoms with Gasteiger partial charge in [-0.15, -0.1) is 0 Å². The van der Waals surface area contributed by atoms with Crippen LogP contribution in [0.1, 0.15) is 25.0 Å². The molecule has 0 unspecified atom stereocenters. The zero-order chi connectivity index (χ0) is 13.8. The van der Waals surface area contributed by atoms with Gasteiger partial charge in [-0.1, -0.05) is 24.6 Å². The Morgan fingerprint density at radius 1 is 1.33 bits per heavy atom. The van der Waals surface area contributed by atoms with Crippen molar-refractivity contribution in [2.24, 2.45) is 0 Å². The van der Waals surface area contributed by atoms with E-state index in [2.05, 4.69) is 5.32 Å². The highest BCUT2D eigenvalue weighted by Gasteiger charge is 2.33. The van der Waals surface area contributed by atoms with Crippen LogP contribution >= 0.6 is 0 Å². The van der Waals surface area contributed by atoms with Gasteiger partial charge in [0, 0.05) is 6.54 Å². The summed E-state index contributed by atoms with van der Waals surface area (Å²) >= 11 is 0. The fourth-order valence-corrected chi connectivity index (χ4v) is 1.51. The summed E-state index contributed by atoms with van der Waals surface area (Å²) in [5.74, 6) is -1.25. The molecule has 0 aliphatic rings. The largest absolute Gasteiger partial charge is 0.419 e. The maximum Gasteiger partial charge on any atom is 0.419 e. The van der Waals surface area contributed by atoms with Crippen LogP contribution in [0.2, 0.25) is 0 Å². The Morgan fingerprint density at radius 3 is 2.56 bits per heavy atom. The smallest absolute Gasteiger partial charge is 0.313 e. The SMILES string of the molecule is CCNC/C(C)=C/c1ccc(F)c(C(F)(F)F)c1. The Kier molecular flexibility index (Phi) is 4.90. The normalized spacial score (nSPS) is 12.9. The van der Waals surface area contributed by atoms with Crippen molar-refractivity contribution in [2.75, 3.05) is 13.1 Å². The van der Waals surface area contributed by atoms with E-state index in [1.807, 2.05) is 6.92 Å². The van der Waals surface area contributed by atoms with Gasteiger partial charge in [0.05, 0.1) is 5.56 Å². The summed E-state index contributed by atoms with van der Waals surface area (Å²) in [7, 11) is 0. The number of alkyl halides is 3. The molecular weight excluding hydrogens is 246 g/mol. The van der Waals surface area contributed by atoms with E-state index in [9.17, 15) is 17.6 Å². The van der Waals surface area contributed by atoms with Gasteiger partial charge in [0.15, 0.2) is 0 Å². The van der Waals surface area contributed by atoms with Crippen LogP contribution in [0.25, 0.3) is 6.08 Å². The van der Waals surface area contributed by atoms with E-state index in [4.69, 9.17) is 0 Å². The lowest BCUT2D eigenvalue weighted by Crippen LogP contribution is -2.14. The van der Waals surface area contributed by atoms with E-state index in [0.29, 0.717) is 12.1 Å². The molecule has 0 aliphatic carbocycles. The molecule has 0 saturated heterocycles. The van der Waals surface area contributed by atoms with Crippen molar-refractivity contribution >= 4 is 6.08 Å². The van der Waals surface area contributed by atoms with Crippen LogP contribution in [-0.4, -0.2) is 13.1 Å². The third kappa shape index (κ3) is 4.14. The van der Waals surface area contributed by atoms with Crippen LogP contribution in [0.5, 0.6) is 0 Å². The number of hydrogen-bond donors (Lipinski definition) is 1. The van der Waals surface area contributed by atoms with Crippen LogP contribution in [-0.2, 0) is 6.18 Å². The molecule has 1 rings (SSSR count). The standard InChI is InChI=1S/C13H15F4N/c1-3-18-8-9(2)6-10-4-5-12(14)11(7-10)13(15,16)17/h4-7,18H,3,8H2,1-2H3/b9-6+. The number of nitrogens with one attached hydrogen (secondary N) is 1. The van der Waals surface area contributed by atoms with E-state index < -0.39 is 17.6 Å². The fraction of sp³-hybridized carbons (Fsp3) is 0.385. The van der Waals surface area contributed by atoms with Gasteiger partial charge >= 0.3 is 6.18 Å². The zero-order valence-corrected chi connectivity index (χ0v) is 10.2. The van der Waals surface area contributed by atoms with Gasteiger partial charge in [-0.05, 0) is 31.2 Å². The van der Waals surface area contributed by atoms with Gasteiger partial charge in [-0.3, -0.25) is 0 Å². The van der Waals surface area contributed by atoms with Crippen molar-refractivity contribution in [1.29, 1.82) is 0 Å². The number of rotatable bonds is 4. The van der Waals surface area contributed by atoms with E-state index >= 15 is 0 Å². The van der Waals surface area contributed by atoms with Crippen molar-refractivity contribution in [1.82, 2.24) is 5.32 Å². The Hall–Kier alpha value is -1.36. The molecule has 18 heavy (non-hydrogen) atoms. The van der Waals surface area contributed by atoms with E-state index in [0.717, 1.165) is 24.3 Å². The lowest BCUT2D eigenvalue weighted by Gasteiger charge is -2.09. The summed E-state index contributed by atoms with van der Waals surface area (Å²) in [6, 6.07) is 3.00. The number of benzene rings is 1. The maximum absolute atomic E-state index is 13.1. The second kappa shape index (κ2) is 6.00. The highest BCUT2D eigenvalue weighted by atomic mass is 19.4. The number of likely N-dealkylation sites (N-methyl/N-ethyl adjacent to an activating group) is 1. The fourth-order valence-electron chi connectivity index (χ4n) is 1.51. The molecule has 1 N–H and O–H groups in total. The van der Waals surface area contributed by atoms with Gasteiger partial charge in [0.25, 0.3) is 0 Å². The minimum Gasteiger partial charge on any atom is -0.313 e. The first-order valence-corrected chi connectivity index (χ1v) is 5.59. The minimum atomic E-state index is -4.66.